The van der Waals surface area contributed by atoms with Gasteiger partial charge in [-0.3, -0.25) is 4.79 Å². The predicted molar refractivity (Wildman–Crippen MR) is 81.8 cm³/mol. The summed E-state index contributed by atoms with van der Waals surface area (Å²) in [7, 11) is 1.54. The Morgan fingerprint density at radius 3 is 2.55 bits per heavy atom. The number of nitrogens with two attached hydrogens (primary N) is 1. The number of benzene rings is 2. The molecule has 0 saturated carbocycles. The molecule has 2 aromatic rings. The molecule has 0 spiro atoms. The number of ether oxygens (including phenoxy) is 1. The standard InChI is InChI=1S/C14H12Cl2N2O2/c1-20-9-3-5-13(12(17)7-9)18-14(19)10-4-2-8(15)6-11(10)16/h2-7H,17H2,1H3,(H,18,19). The first-order valence-corrected chi connectivity index (χ1v) is 6.47. The summed E-state index contributed by atoms with van der Waals surface area (Å²) in [6.07, 6.45) is 0. The first-order valence-electron chi connectivity index (χ1n) is 5.71. The molecule has 3 N–H and O–H groups in total. The van der Waals surface area contributed by atoms with Crippen molar-refractivity contribution in [2.75, 3.05) is 18.2 Å². The van der Waals surface area contributed by atoms with Gasteiger partial charge < -0.3 is 15.8 Å². The molecule has 0 aromatic heterocycles. The molecule has 0 atom stereocenters. The highest BCUT2D eigenvalue weighted by atomic mass is 35.5. The fourth-order valence-electron chi connectivity index (χ4n) is 1.64. The summed E-state index contributed by atoms with van der Waals surface area (Å²) < 4.78 is 5.04. The van der Waals surface area contributed by atoms with Crippen LogP contribution in [0.5, 0.6) is 5.75 Å². The lowest BCUT2D eigenvalue weighted by Crippen LogP contribution is -2.13. The molecule has 0 unspecified atom stereocenters. The first-order chi connectivity index (χ1) is 9.51. The smallest absolute Gasteiger partial charge is 0.257 e. The van der Waals surface area contributed by atoms with Crippen LogP contribution < -0.4 is 15.8 Å². The normalized spacial score (nSPS) is 10.2. The molecule has 0 aliphatic heterocycles. The molecule has 1 amide bonds. The van der Waals surface area contributed by atoms with E-state index in [4.69, 9.17) is 33.7 Å². The fraction of sp³-hybridized carbons (Fsp3) is 0.0714. The lowest BCUT2D eigenvalue weighted by Gasteiger charge is -2.10. The van der Waals surface area contributed by atoms with Crippen LogP contribution in [-0.2, 0) is 0 Å². The number of hydrogen-bond donors (Lipinski definition) is 2. The van der Waals surface area contributed by atoms with Crippen LogP contribution in [0.4, 0.5) is 11.4 Å². The van der Waals surface area contributed by atoms with Crippen molar-refractivity contribution in [1.82, 2.24) is 0 Å². The monoisotopic (exact) mass is 310 g/mol. The van der Waals surface area contributed by atoms with Crippen LogP contribution >= 0.6 is 23.2 Å². The average molecular weight is 311 g/mol. The zero-order chi connectivity index (χ0) is 14.7. The minimum atomic E-state index is -0.358. The van der Waals surface area contributed by atoms with Gasteiger partial charge in [-0.05, 0) is 30.3 Å². The SMILES string of the molecule is COc1ccc(NC(=O)c2ccc(Cl)cc2Cl)c(N)c1. The molecular formula is C14H12Cl2N2O2. The van der Waals surface area contributed by atoms with Gasteiger partial charge in [-0.15, -0.1) is 0 Å². The highest BCUT2D eigenvalue weighted by Crippen LogP contribution is 2.26. The van der Waals surface area contributed by atoms with Gasteiger partial charge in [0.05, 0.1) is 29.1 Å². The van der Waals surface area contributed by atoms with Gasteiger partial charge in [-0.25, -0.2) is 0 Å². The van der Waals surface area contributed by atoms with E-state index in [-0.39, 0.29) is 10.9 Å². The predicted octanol–water partition coefficient (Wildman–Crippen LogP) is 3.84. The van der Waals surface area contributed by atoms with Gasteiger partial charge in [0.2, 0.25) is 0 Å². The van der Waals surface area contributed by atoms with Gasteiger partial charge in [-0.2, -0.15) is 0 Å². The van der Waals surface area contributed by atoms with Crippen LogP contribution in [-0.4, -0.2) is 13.0 Å². The summed E-state index contributed by atoms with van der Waals surface area (Å²) in [6, 6.07) is 9.65. The number of anilines is 2. The topological polar surface area (TPSA) is 64.3 Å². The number of nitrogens with one attached hydrogen (secondary N) is 1. The van der Waals surface area contributed by atoms with Crippen LogP contribution in [0.25, 0.3) is 0 Å². The molecule has 0 heterocycles. The maximum atomic E-state index is 12.1. The summed E-state index contributed by atoms with van der Waals surface area (Å²) >= 11 is 11.8. The summed E-state index contributed by atoms with van der Waals surface area (Å²) in [5.41, 5.74) is 7.06. The van der Waals surface area contributed by atoms with Crippen molar-refractivity contribution < 1.29 is 9.53 Å². The lowest BCUT2D eigenvalue weighted by molar-refractivity contribution is 0.102. The molecular weight excluding hydrogens is 299 g/mol. The number of rotatable bonds is 3. The number of carbonyl (C=O) groups excluding carboxylic acids is 1. The van der Waals surface area contributed by atoms with Crippen LogP contribution in [0.1, 0.15) is 10.4 Å². The van der Waals surface area contributed by atoms with E-state index >= 15 is 0 Å². The number of nitrogen functional groups attached to an aromatic ring is 1. The zero-order valence-electron chi connectivity index (χ0n) is 10.6. The molecule has 0 radical (unpaired) electrons. The van der Waals surface area contributed by atoms with E-state index in [1.165, 1.54) is 6.07 Å². The van der Waals surface area contributed by atoms with Crippen LogP contribution in [0.2, 0.25) is 10.0 Å². The summed E-state index contributed by atoms with van der Waals surface area (Å²) in [5, 5.41) is 3.44. The highest BCUT2D eigenvalue weighted by molar-refractivity contribution is 6.37. The molecule has 4 nitrogen and oxygen atoms in total. The Morgan fingerprint density at radius 1 is 1.20 bits per heavy atom. The fourth-order valence-corrected chi connectivity index (χ4v) is 2.14. The second-order valence-electron chi connectivity index (χ2n) is 4.03. The van der Waals surface area contributed by atoms with E-state index in [1.54, 1.807) is 37.4 Å². The van der Waals surface area contributed by atoms with Crippen molar-refractivity contribution in [3.05, 3.63) is 52.0 Å². The van der Waals surface area contributed by atoms with Crippen molar-refractivity contribution >= 4 is 40.5 Å². The van der Waals surface area contributed by atoms with Crippen molar-refractivity contribution in [2.45, 2.75) is 0 Å². The maximum Gasteiger partial charge on any atom is 0.257 e. The largest absolute Gasteiger partial charge is 0.497 e. The number of hydrogen-bond acceptors (Lipinski definition) is 3. The van der Waals surface area contributed by atoms with Gasteiger partial charge in [0.25, 0.3) is 5.91 Å². The van der Waals surface area contributed by atoms with E-state index in [0.717, 1.165) is 0 Å². The molecule has 2 aromatic carbocycles. The van der Waals surface area contributed by atoms with E-state index in [0.29, 0.717) is 27.7 Å². The second-order valence-corrected chi connectivity index (χ2v) is 4.88. The van der Waals surface area contributed by atoms with Gasteiger partial charge in [0, 0.05) is 11.1 Å². The zero-order valence-corrected chi connectivity index (χ0v) is 12.1. The Hall–Kier alpha value is -1.91. The Labute approximate surface area is 126 Å². The Kier molecular flexibility index (Phi) is 4.37. The molecule has 0 aliphatic carbocycles. The van der Waals surface area contributed by atoms with Crippen LogP contribution in [0.3, 0.4) is 0 Å². The van der Waals surface area contributed by atoms with Crippen LogP contribution in [0.15, 0.2) is 36.4 Å². The quantitative estimate of drug-likeness (QED) is 0.847. The van der Waals surface area contributed by atoms with Crippen molar-refractivity contribution in [3.8, 4) is 5.75 Å². The molecule has 0 bridgehead atoms. The molecule has 2 rings (SSSR count). The first kappa shape index (κ1) is 14.5. The van der Waals surface area contributed by atoms with Crippen molar-refractivity contribution in [3.63, 3.8) is 0 Å². The molecule has 104 valence electrons. The Bertz CT molecular complexity index is 660. The van der Waals surface area contributed by atoms with Crippen molar-refractivity contribution in [1.29, 1.82) is 0 Å². The average Bonchev–Trinajstić information content (AvgIpc) is 2.40. The van der Waals surface area contributed by atoms with Crippen LogP contribution in [0, 0.1) is 0 Å². The molecule has 20 heavy (non-hydrogen) atoms. The van der Waals surface area contributed by atoms with Gasteiger partial charge in [0.15, 0.2) is 0 Å². The molecule has 0 aliphatic rings. The van der Waals surface area contributed by atoms with E-state index in [2.05, 4.69) is 5.32 Å². The summed E-state index contributed by atoms with van der Waals surface area (Å²) in [5.74, 6) is 0.258. The van der Waals surface area contributed by atoms with Gasteiger partial charge in [0.1, 0.15) is 5.75 Å². The molecule has 0 fully saturated rings. The number of carbonyl (C=O) groups is 1. The van der Waals surface area contributed by atoms with E-state index in [1.807, 2.05) is 0 Å². The third-order valence-electron chi connectivity index (χ3n) is 2.68. The molecule has 6 heteroatoms. The summed E-state index contributed by atoms with van der Waals surface area (Å²) in [4.78, 5) is 12.1. The minimum Gasteiger partial charge on any atom is -0.497 e. The third kappa shape index (κ3) is 3.15. The highest BCUT2D eigenvalue weighted by Gasteiger charge is 2.12. The van der Waals surface area contributed by atoms with Crippen molar-refractivity contribution in [2.24, 2.45) is 0 Å². The van der Waals surface area contributed by atoms with Gasteiger partial charge >= 0.3 is 0 Å². The maximum absolute atomic E-state index is 12.1. The number of halogens is 2. The summed E-state index contributed by atoms with van der Waals surface area (Å²) in [6.45, 7) is 0. The van der Waals surface area contributed by atoms with Gasteiger partial charge in [-0.1, -0.05) is 23.2 Å². The Morgan fingerprint density at radius 2 is 1.95 bits per heavy atom. The lowest BCUT2D eigenvalue weighted by atomic mass is 10.2. The molecule has 0 saturated heterocycles. The number of methoxy groups -OCH3 is 1. The minimum absolute atomic E-state index is 0.280. The number of amides is 1. The Balaban J connectivity index is 2.23. The third-order valence-corrected chi connectivity index (χ3v) is 3.23. The van der Waals surface area contributed by atoms with E-state index < -0.39 is 0 Å². The second kappa shape index (κ2) is 6.03. The van der Waals surface area contributed by atoms with E-state index in [9.17, 15) is 4.79 Å².